The van der Waals surface area contributed by atoms with E-state index in [0.29, 0.717) is 0 Å². The van der Waals surface area contributed by atoms with Crippen molar-refractivity contribution in [3.05, 3.63) is 57.7 Å². The molecule has 0 N–H and O–H groups in total. The van der Waals surface area contributed by atoms with Gasteiger partial charge in [0.1, 0.15) is 0 Å². The molecule has 90 valence electrons. The SMILES string of the molecule is Cc1ccc(-n2[se]c3ccccc3c2=S)cc1Cl. The summed E-state index contributed by atoms with van der Waals surface area (Å²) in [6.07, 6.45) is 0. The molecule has 3 aromatic rings. The first-order valence-electron chi connectivity index (χ1n) is 5.54. The fraction of sp³-hybridized carbons (Fsp3) is 0.0714. The van der Waals surface area contributed by atoms with Crippen molar-refractivity contribution in [3.8, 4) is 5.69 Å². The van der Waals surface area contributed by atoms with Gasteiger partial charge < -0.3 is 0 Å². The van der Waals surface area contributed by atoms with Crippen LogP contribution >= 0.6 is 23.8 Å². The summed E-state index contributed by atoms with van der Waals surface area (Å²) in [6, 6.07) is 14.5. The van der Waals surface area contributed by atoms with E-state index in [9.17, 15) is 0 Å². The molecule has 3 rings (SSSR count). The van der Waals surface area contributed by atoms with E-state index in [4.69, 9.17) is 23.8 Å². The van der Waals surface area contributed by atoms with Crippen LogP contribution in [0, 0.1) is 11.6 Å². The van der Waals surface area contributed by atoms with Crippen molar-refractivity contribution >= 4 is 48.2 Å². The van der Waals surface area contributed by atoms with Gasteiger partial charge in [0.25, 0.3) is 0 Å². The zero-order chi connectivity index (χ0) is 12.7. The van der Waals surface area contributed by atoms with E-state index in [1.165, 1.54) is 9.65 Å². The Kier molecular flexibility index (Phi) is 3.16. The third-order valence-electron chi connectivity index (χ3n) is 2.88. The summed E-state index contributed by atoms with van der Waals surface area (Å²) in [5.41, 5.74) is 2.18. The van der Waals surface area contributed by atoms with Gasteiger partial charge in [-0.25, -0.2) is 0 Å². The average Bonchev–Trinajstić information content (AvgIpc) is 2.71. The number of hydrogen-bond donors (Lipinski definition) is 0. The molecule has 0 aliphatic rings. The third kappa shape index (κ3) is 1.98. The van der Waals surface area contributed by atoms with Crippen LogP contribution in [0.2, 0.25) is 5.02 Å². The van der Waals surface area contributed by atoms with Crippen LogP contribution in [0.25, 0.3) is 15.3 Å². The zero-order valence-corrected chi connectivity index (χ0v) is 13.0. The number of aryl methyl sites for hydroxylation is 1. The fourth-order valence-corrected chi connectivity index (χ4v) is 4.74. The average molecular weight is 339 g/mol. The predicted octanol–water partition coefficient (Wildman–Crippen LogP) is 4.38. The van der Waals surface area contributed by atoms with Gasteiger partial charge in [-0.1, -0.05) is 0 Å². The molecule has 0 amide bonds. The van der Waals surface area contributed by atoms with Gasteiger partial charge in [-0.05, 0) is 0 Å². The number of halogens is 1. The summed E-state index contributed by atoms with van der Waals surface area (Å²) < 4.78 is 4.44. The van der Waals surface area contributed by atoms with Crippen LogP contribution in [0.1, 0.15) is 5.56 Å². The monoisotopic (exact) mass is 339 g/mol. The van der Waals surface area contributed by atoms with Crippen LogP contribution in [0.5, 0.6) is 0 Å². The van der Waals surface area contributed by atoms with Gasteiger partial charge in [0.05, 0.1) is 0 Å². The second kappa shape index (κ2) is 4.67. The summed E-state index contributed by atoms with van der Waals surface area (Å²) in [5, 5.41) is 1.98. The first-order chi connectivity index (χ1) is 8.66. The number of rotatable bonds is 1. The van der Waals surface area contributed by atoms with Crippen molar-refractivity contribution in [2.45, 2.75) is 6.92 Å². The molecular weight excluding hydrogens is 329 g/mol. The summed E-state index contributed by atoms with van der Waals surface area (Å²) in [7, 11) is 0. The van der Waals surface area contributed by atoms with Gasteiger partial charge in [0.15, 0.2) is 0 Å². The van der Waals surface area contributed by atoms with E-state index in [2.05, 4.69) is 27.8 Å². The number of aromatic nitrogens is 1. The zero-order valence-electron chi connectivity index (χ0n) is 9.68. The Morgan fingerprint density at radius 1 is 1.17 bits per heavy atom. The molecule has 18 heavy (non-hydrogen) atoms. The molecule has 2 aromatic carbocycles. The van der Waals surface area contributed by atoms with Crippen LogP contribution in [-0.4, -0.2) is 18.3 Å². The maximum absolute atomic E-state index is 6.19. The molecule has 0 aliphatic carbocycles. The molecule has 0 aliphatic heterocycles. The molecule has 0 fully saturated rings. The van der Waals surface area contributed by atoms with Crippen molar-refractivity contribution < 1.29 is 0 Å². The number of hydrogen-bond acceptors (Lipinski definition) is 1. The van der Waals surface area contributed by atoms with Gasteiger partial charge in [0.2, 0.25) is 0 Å². The molecule has 0 saturated heterocycles. The Labute approximate surface area is 122 Å². The Morgan fingerprint density at radius 2 is 1.94 bits per heavy atom. The standard InChI is InChI=1S/C14H10ClNSSe/c1-9-6-7-10(8-12(9)15)16-14(17)11-4-2-3-5-13(11)18-16/h2-8H,1H3. The predicted molar refractivity (Wildman–Crippen MR) is 80.8 cm³/mol. The van der Waals surface area contributed by atoms with E-state index < -0.39 is 0 Å². The van der Waals surface area contributed by atoms with E-state index in [1.807, 2.05) is 25.1 Å². The number of benzene rings is 2. The van der Waals surface area contributed by atoms with Crippen molar-refractivity contribution in [3.63, 3.8) is 0 Å². The van der Waals surface area contributed by atoms with Crippen molar-refractivity contribution in [2.75, 3.05) is 0 Å². The van der Waals surface area contributed by atoms with E-state index in [1.54, 1.807) is 0 Å². The third-order valence-corrected chi connectivity index (χ3v) is 6.32. The topological polar surface area (TPSA) is 4.93 Å². The number of fused-ring (bicyclic) bond motifs is 1. The number of nitrogens with zero attached hydrogens (tertiary/aromatic N) is 1. The molecule has 1 heterocycles. The van der Waals surface area contributed by atoms with Gasteiger partial charge >= 0.3 is 122 Å². The Balaban J connectivity index is 2.28. The second-order valence-corrected chi connectivity index (χ2v) is 6.99. The summed E-state index contributed by atoms with van der Waals surface area (Å²) >= 11 is 12.0. The van der Waals surface area contributed by atoms with Gasteiger partial charge in [0, 0.05) is 0 Å². The second-order valence-electron chi connectivity index (χ2n) is 4.12. The van der Waals surface area contributed by atoms with Crippen molar-refractivity contribution in [1.29, 1.82) is 0 Å². The molecular formula is C14H10ClNSSe. The van der Waals surface area contributed by atoms with Crippen LogP contribution in [0.4, 0.5) is 0 Å². The summed E-state index contributed by atoms with van der Waals surface area (Å²) in [4.78, 5) is 0. The van der Waals surface area contributed by atoms with Crippen LogP contribution in [-0.2, 0) is 0 Å². The summed E-state index contributed by atoms with van der Waals surface area (Å²) in [5.74, 6) is 0. The molecule has 0 atom stereocenters. The van der Waals surface area contributed by atoms with Gasteiger partial charge in [-0.3, -0.25) is 0 Å². The maximum atomic E-state index is 6.19. The Bertz CT molecular complexity index is 788. The van der Waals surface area contributed by atoms with Crippen LogP contribution < -0.4 is 0 Å². The molecule has 0 unspecified atom stereocenters. The summed E-state index contributed by atoms with van der Waals surface area (Å²) in [6.45, 7) is 2.01. The first kappa shape index (κ1) is 12.2. The van der Waals surface area contributed by atoms with Crippen molar-refractivity contribution in [2.24, 2.45) is 0 Å². The molecule has 1 nitrogen and oxygen atoms in total. The van der Waals surface area contributed by atoms with E-state index >= 15 is 0 Å². The van der Waals surface area contributed by atoms with Gasteiger partial charge in [-0.15, -0.1) is 0 Å². The molecule has 0 saturated carbocycles. The van der Waals surface area contributed by atoms with Crippen LogP contribution in [0.3, 0.4) is 0 Å². The fourth-order valence-electron chi connectivity index (χ4n) is 1.85. The molecule has 0 spiro atoms. The molecule has 0 radical (unpaired) electrons. The molecule has 0 bridgehead atoms. The van der Waals surface area contributed by atoms with E-state index in [-0.39, 0.29) is 14.7 Å². The van der Waals surface area contributed by atoms with Crippen molar-refractivity contribution in [1.82, 2.24) is 3.56 Å². The quantitative estimate of drug-likeness (QED) is 0.471. The minimum atomic E-state index is 0.215. The van der Waals surface area contributed by atoms with Crippen LogP contribution in [0.15, 0.2) is 42.5 Å². The first-order valence-corrected chi connectivity index (χ1v) is 7.95. The van der Waals surface area contributed by atoms with E-state index in [0.717, 1.165) is 20.9 Å². The minimum absolute atomic E-state index is 0.215. The Morgan fingerprint density at radius 3 is 2.67 bits per heavy atom. The normalized spacial score (nSPS) is 11.0. The van der Waals surface area contributed by atoms with Gasteiger partial charge in [-0.2, -0.15) is 0 Å². The molecule has 4 heteroatoms. The Hall–Kier alpha value is -0.861. The molecule has 1 aromatic heterocycles.